The smallest absolute Gasteiger partial charge is 0.248 e. The zero-order valence-electron chi connectivity index (χ0n) is 16.9. The van der Waals surface area contributed by atoms with Gasteiger partial charge >= 0.3 is 0 Å². The molecule has 3 N–H and O–H groups in total. The first-order valence-corrected chi connectivity index (χ1v) is 10.1. The van der Waals surface area contributed by atoms with Crippen LogP contribution in [-0.4, -0.2) is 66.0 Å². The molecule has 3 aromatic heterocycles. The molecule has 1 aliphatic rings. The summed E-state index contributed by atoms with van der Waals surface area (Å²) in [4.78, 5) is 32.8. The number of carbonyl (C=O) groups is 1. The van der Waals surface area contributed by atoms with Crippen molar-refractivity contribution < 1.29 is 15.0 Å². The predicted octanol–water partition coefficient (Wildman–Crippen LogP) is 0.953. The molecule has 0 aliphatic carbocycles. The third kappa shape index (κ3) is 3.43. The normalized spacial score (nSPS) is 20.1. The average molecular weight is 430 g/mol. The molecule has 0 radical (unpaired) electrons. The number of anilines is 2. The van der Waals surface area contributed by atoms with E-state index in [1.807, 2.05) is 5.38 Å². The van der Waals surface area contributed by atoms with Crippen LogP contribution in [-0.2, 0) is 4.79 Å². The molecular weight excluding hydrogens is 408 g/mol. The highest BCUT2D eigenvalue weighted by atomic mass is 32.1. The Morgan fingerprint density at radius 3 is 2.63 bits per heavy atom. The molecule has 0 saturated carbocycles. The first-order valence-electron chi connectivity index (χ1n) is 9.21. The van der Waals surface area contributed by atoms with Gasteiger partial charge in [0.2, 0.25) is 5.91 Å². The number of rotatable bonds is 4. The highest BCUT2D eigenvalue weighted by Gasteiger charge is 2.38. The summed E-state index contributed by atoms with van der Waals surface area (Å²) in [7, 11) is 3.25. The molecule has 12 heteroatoms. The van der Waals surface area contributed by atoms with E-state index in [4.69, 9.17) is 0 Å². The summed E-state index contributed by atoms with van der Waals surface area (Å²) in [5, 5.41) is 25.8. The van der Waals surface area contributed by atoms with Crippen LogP contribution < -0.4 is 10.2 Å². The summed E-state index contributed by atoms with van der Waals surface area (Å²) in [5.74, 6) is 0.787. The van der Waals surface area contributed by atoms with Crippen LogP contribution in [0.25, 0.3) is 11.3 Å². The van der Waals surface area contributed by atoms with Crippen LogP contribution in [0.2, 0.25) is 0 Å². The van der Waals surface area contributed by atoms with Gasteiger partial charge < -0.3 is 25.0 Å². The maximum absolute atomic E-state index is 12.8. The van der Waals surface area contributed by atoms with Crippen LogP contribution >= 0.6 is 11.3 Å². The van der Waals surface area contributed by atoms with E-state index in [-0.39, 0.29) is 5.91 Å². The van der Waals surface area contributed by atoms with Gasteiger partial charge in [-0.3, -0.25) is 4.79 Å². The first kappa shape index (κ1) is 20.3. The molecule has 11 nitrogen and oxygen atoms in total. The number of aromatic nitrogens is 5. The maximum atomic E-state index is 12.8. The average Bonchev–Trinajstić information content (AvgIpc) is 3.38. The van der Waals surface area contributed by atoms with E-state index in [9.17, 15) is 15.0 Å². The summed E-state index contributed by atoms with van der Waals surface area (Å²) < 4.78 is 1.59. The van der Waals surface area contributed by atoms with Crippen molar-refractivity contribution in [1.82, 2.24) is 29.4 Å². The number of aliphatic hydroxyl groups excluding tert-OH is 2. The molecule has 0 spiro atoms. The van der Waals surface area contributed by atoms with Crippen molar-refractivity contribution in [2.75, 3.05) is 24.3 Å². The molecule has 0 bridgehead atoms. The molecule has 1 amide bonds. The molecule has 2 unspecified atom stereocenters. The van der Waals surface area contributed by atoms with Crippen LogP contribution in [0.1, 0.15) is 30.7 Å². The Kier molecular flexibility index (Phi) is 5.24. The van der Waals surface area contributed by atoms with E-state index < -0.39 is 18.6 Å². The van der Waals surface area contributed by atoms with Crippen molar-refractivity contribution in [3.05, 3.63) is 35.6 Å². The quantitative estimate of drug-likeness (QED) is 0.553. The lowest BCUT2D eigenvalue weighted by molar-refractivity contribution is -0.119. The highest BCUT2D eigenvalue weighted by molar-refractivity contribution is 7.14. The second-order valence-electron chi connectivity index (χ2n) is 7.08. The predicted molar refractivity (Wildman–Crippen MR) is 111 cm³/mol. The number of hydrogen-bond acceptors (Lipinski definition) is 10. The fourth-order valence-electron chi connectivity index (χ4n) is 3.22. The lowest BCUT2D eigenvalue weighted by Crippen LogP contribution is -2.51. The van der Waals surface area contributed by atoms with Crippen molar-refractivity contribution in [3.63, 3.8) is 0 Å². The molecule has 3 aromatic rings. The Labute approximate surface area is 176 Å². The maximum Gasteiger partial charge on any atom is 0.248 e. The minimum atomic E-state index is -1.10. The van der Waals surface area contributed by atoms with Gasteiger partial charge in [0.25, 0.3) is 0 Å². The van der Waals surface area contributed by atoms with Crippen LogP contribution in [0, 0.1) is 6.92 Å². The molecular formula is C18H22N8O3S. The largest absolute Gasteiger partial charge is 0.372 e. The number of carbonyl (C=O) groups excluding carboxylic acids is 1. The van der Waals surface area contributed by atoms with Gasteiger partial charge in [0, 0.05) is 30.4 Å². The number of fused-ring (bicyclic) bond motifs is 1. The van der Waals surface area contributed by atoms with Gasteiger partial charge in [0.15, 0.2) is 23.5 Å². The van der Waals surface area contributed by atoms with Gasteiger partial charge in [-0.1, -0.05) is 0 Å². The summed E-state index contributed by atoms with van der Waals surface area (Å²) in [6, 6.07) is -0.664. The van der Waals surface area contributed by atoms with Crippen LogP contribution in [0.3, 0.4) is 0 Å². The molecule has 30 heavy (non-hydrogen) atoms. The topological polar surface area (TPSA) is 133 Å². The summed E-state index contributed by atoms with van der Waals surface area (Å²) in [6.07, 6.45) is 2.74. The van der Waals surface area contributed by atoms with E-state index in [0.29, 0.717) is 28.2 Å². The molecule has 158 valence electrons. The highest BCUT2D eigenvalue weighted by Crippen LogP contribution is 2.35. The zero-order valence-corrected chi connectivity index (χ0v) is 17.7. The number of amides is 1. The van der Waals surface area contributed by atoms with Crippen LogP contribution in [0.15, 0.2) is 24.1 Å². The summed E-state index contributed by atoms with van der Waals surface area (Å²) in [6.45, 7) is 3.51. The lowest BCUT2D eigenvalue weighted by Gasteiger charge is -2.40. The van der Waals surface area contributed by atoms with E-state index in [1.54, 1.807) is 44.9 Å². The minimum Gasteiger partial charge on any atom is -0.372 e. The Hall–Kier alpha value is -2.93. The molecule has 1 aliphatic heterocycles. The summed E-state index contributed by atoms with van der Waals surface area (Å²) >= 11 is 1.30. The Bertz CT molecular complexity index is 1070. The van der Waals surface area contributed by atoms with Gasteiger partial charge in [-0.05, 0) is 20.9 Å². The van der Waals surface area contributed by atoms with Crippen molar-refractivity contribution in [3.8, 4) is 11.3 Å². The Morgan fingerprint density at radius 1 is 1.23 bits per heavy atom. The Morgan fingerprint density at radius 2 is 1.93 bits per heavy atom. The van der Waals surface area contributed by atoms with Gasteiger partial charge in [-0.25, -0.2) is 24.8 Å². The van der Waals surface area contributed by atoms with Crippen LogP contribution in [0.4, 0.5) is 10.9 Å². The molecule has 4 heterocycles. The third-order valence-electron chi connectivity index (χ3n) is 5.09. The molecule has 0 aromatic carbocycles. The number of nitrogens with one attached hydrogen (secondary N) is 1. The number of thiazole rings is 1. The monoisotopic (exact) mass is 430 g/mol. The number of imidazole rings is 1. The number of nitrogens with zero attached hydrogens (tertiary/aromatic N) is 7. The second-order valence-corrected chi connectivity index (χ2v) is 7.94. The standard InChI is InChI=1S/C18H22N8O3S/c1-9(26-8-21-14-13(26)16(28)25(4)18(29)24(14)3)15(27)23-17-22-12(7-30-17)11-5-19-10(2)20-6-11/h5-9,16,18,28-29H,1-4H3,(H,22,23,27)/t9-,16?,18?/m0/s1. The van der Waals surface area contributed by atoms with E-state index in [1.165, 1.54) is 27.5 Å². The fourth-order valence-corrected chi connectivity index (χ4v) is 3.94. The fraction of sp³-hybridized carbons (Fsp3) is 0.389. The number of aliphatic hydroxyl groups is 2. The van der Waals surface area contributed by atoms with Crippen molar-refractivity contribution in [2.45, 2.75) is 32.5 Å². The van der Waals surface area contributed by atoms with E-state index >= 15 is 0 Å². The van der Waals surface area contributed by atoms with E-state index in [2.05, 4.69) is 25.3 Å². The lowest BCUT2D eigenvalue weighted by atomic mass is 10.2. The van der Waals surface area contributed by atoms with Crippen molar-refractivity contribution >= 4 is 28.2 Å². The van der Waals surface area contributed by atoms with Gasteiger partial charge in [0.05, 0.1) is 12.0 Å². The first-order chi connectivity index (χ1) is 14.3. The van der Waals surface area contributed by atoms with Gasteiger partial charge in [-0.2, -0.15) is 0 Å². The Balaban J connectivity index is 1.53. The number of hydrogen-bond donors (Lipinski definition) is 3. The summed E-state index contributed by atoms with van der Waals surface area (Å²) in [5.41, 5.74) is 1.88. The van der Waals surface area contributed by atoms with E-state index in [0.717, 1.165) is 5.56 Å². The molecule has 3 atom stereocenters. The molecule has 0 fully saturated rings. The third-order valence-corrected chi connectivity index (χ3v) is 5.85. The minimum absolute atomic E-state index is 0.306. The SMILES string of the molecule is Cc1ncc(-c2csc(NC(=O)[C@H](C)n3cnc4c3C(O)N(C)C(O)N4C)n2)cn1. The zero-order chi connectivity index (χ0) is 21.6. The second kappa shape index (κ2) is 7.72. The number of aryl methyl sites for hydroxylation is 1. The molecule has 4 rings (SSSR count). The van der Waals surface area contributed by atoms with Crippen molar-refractivity contribution in [2.24, 2.45) is 0 Å². The van der Waals surface area contributed by atoms with Crippen molar-refractivity contribution in [1.29, 1.82) is 0 Å². The van der Waals surface area contributed by atoms with Gasteiger partial charge in [-0.15, -0.1) is 11.3 Å². The van der Waals surface area contributed by atoms with Gasteiger partial charge in [0.1, 0.15) is 17.6 Å². The molecule has 0 saturated heterocycles. The van der Waals surface area contributed by atoms with Crippen LogP contribution in [0.5, 0.6) is 0 Å².